The van der Waals surface area contributed by atoms with Gasteiger partial charge in [-0.2, -0.15) is 0 Å². The van der Waals surface area contributed by atoms with Gasteiger partial charge < -0.3 is 15.8 Å². The van der Waals surface area contributed by atoms with Gasteiger partial charge in [-0.25, -0.2) is 0 Å². The van der Waals surface area contributed by atoms with Gasteiger partial charge in [-0.15, -0.1) is 0 Å². The third kappa shape index (κ3) is 4.92. The summed E-state index contributed by atoms with van der Waals surface area (Å²) in [5.41, 5.74) is 9.71. The number of nitrogens with one attached hydrogen (secondary N) is 1. The highest BCUT2D eigenvalue weighted by Crippen LogP contribution is 2.26. The lowest BCUT2D eigenvalue weighted by molar-refractivity contribution is -0.117. The summed E-state index contributed by atoms with van der Waals surface area (Å²) >= 11 is 0. The average Bonchev–Trinajstić information content (AvgIpc) is 2.67. The van der Waals surface area contributed by atoms with E-state index in [1.165, 1.54) is 0 Å². The molecule has 1 atom stereocenters. The molecule has 138 valence electrons. The van der Waals surface area contributed by atoms with Crippen molar-refractivity contribution in [2.75, 3.05) is 19.0 Å². The zero-order valence-corrected chi connectivity index (χ0v) is 15.5. The van der Waals surface area contributed by atoms with Crippen LogP contribution in [0.1, 0.15) is 36.0 Å². The number of nitrogens with zero attached hydrogens (tertiary/aromatic N) is 1. The number of benzene rings is 2. The van der Waals surface area contributed by atoms with Crippen molar-refractivity contribution in [1.82, 2.24) is 0 Å². The van der Waals surface area contributed by atoms with Crippen LogP contribution in [0, 0.1) is 0 Å². The number of carbonyl (C=O) groups excluding carboxylic acids is 1. The van der Waals surface area contributed by atoms with Gasteiger partial charge in [0.15, 0.2) is 0 Å². The number of aliphatic imine (C=N–C) groups is 1. The highest BCUT2D eigenvalue weighted by atomic mass is 16.5. The van der Waals surface area contributed by atoms with Crippen molar-refractivity contribution in [2.24, 2.45) is 10.7 Å². The number of aryl methyl sites for hydroxylation is 1. The van der Waals surface area contributed by atoms with Crippen LogP contribution < -0.4 is 15.8 Å². The van der Waals surface area contributed by atoms with Gasteiger partial charge >= 0.3 is 0 Å². The molecule has 1 unspecified atom stereocenters. The maximum Gasteiger partial charge on any atom is 0.231 e. The number of hydrogen-bond acceptors (Lipinski definition) is 4. The van der Waals surface area contributed by atoms with Crippen molar-refractivity contribution >= 4 is 18.3 Å². The Morgan fingerprint density at radius 1 is 1.27 bits per heavy atom. The lowest BCUT2D eigenvalue weighted by Gasteiger charge is -2.18. The summed E-state index contributed by atoms with van der Waals surface area (Å²) < 4.78 is 5.27. The van der Waals surface area contributed by atoms with Crippen LogP contribution >= 0.6 is 0 Å². The Labute approximate surface area is 155 Å². The van der Waals surface area contributed by atoms with Crippen molar-refractivity contribution in [3.05, 3.63) is 59.2 Å². The Morgan fingerprint density at radius 2 is 2.08 bits per heavy atom. The van der Waals surface area contributed by atoms with Crippen molar-refractivity contribution in [1.29, 1.82) is 0 Å². The predicted octanol–water partition coefficient (Wildman–Crippen LogP) is 3.53. The van der Waals surface area contributed by atoms with E-state index in [1.807, 2.05) is 42.5 Å². The van der Waals surface area contributed by atoms with Crippen LogP contribution in [0.2, 0.25) is 0 Å². The van der Waals surface area contributed by atoms with Gasteiger partial charge in [-0.1, -0.05) is 25.1 Å². The number of anilines is 1. The average molecular weight is 353 g/mol. The molecule has 0 aliphatic rings. The lowest BCUT2D eigenvalue weighted by Crippen LogP contribution is -2.23. The third-order valence-electron chi connectivity index (χ3n) is 4.40. The van der Waals surface area contributed by atoms with Gasteiger partial charge in [-0.3, -0.25) is 9.79 Å². The molecule has 26 heavy (non-hydrogen) atoms. The van der Waals surface area contributed by atoms with Crippen LogP contribution in [0.3, 0.4) is 0 Å². The monoisotopic (exact) mass is 353 g/mol. The number of rotatable bonds is 9. The largest absolute Gasteiger partial charge is 0.497 e. The van der Waals surface area contributed by atoms with Gasteiger partial charge in [0, 0.05) is 5.69 Å². The van der Waals surface area contributed by atoms with E-state index in [0.717, 1.165) is 34.5 Å². The minimum absolute atomic E-state index is 0.0691. The molecule has 5 heteroatoms. The minimum atomic E-state index is -0.324. The SMILES string of the molecule is C=NCc1ccc(NC(=O)C(CCN)c2cccc(OC)c2)cc1CC. The van der Waals surface area contributed by atoms with E-state index in [4.69, 9.17) is 10.5 Å². The number of carbonyl (C=O) groups is 1. The number of methoxy groups -OCH3 is 1. The molecule has 5 nitrogen and oxygen atoms in total. The summed E-state index contributed by atoms with van der Waals surface area (Å²) in [6.45, 7) is 6.65. The van der Waals surface area contributed by atoms with E-state index < -0.39 is 0 Å². The first-order valence-electron chi connectivity index (χ1n) is 8.82. The summed E-state index contributed by atoms with van der Waals surface area (Å²) in [5.74, 6) is 0.335. The molecule has 0 saturated heterocycles. The van der Waals surface area contributed by atoms with Crippen LogP contribution in [-0.4, -0.2) is 26.3 Å². The van der Waals surface area contributed by atoms with Gasteiger partial charge in [0.05, 0.1) is 19.6 Å². The fourth-order valence-electron chi connectivity index (χ4n) is 3.01. The molecule has 0 saturated carbocycles. The van der Waals surface area contributed by atoms with Crippen molar-refractivity contribution in [3.8, 4) is 5.75 Å². The first kappa shape index (κ1) is 19.7. The highest BCUT2D eigenvalue weighted by molar-refractivity contribution is 5.96. The second kappa shape index (κ2) is 9.73. The van der Waals surface area contributed by atoms with E-state index in [1.54, 1.807) is 7.11 Å². The quantitative estimate of drug-likeness (QED) is 0.677. The minimum Gasteiger partial charge on any atom is -0.497 e. The second-order valence-corrected chi connectivity index (χ2v) is 6.11. The summed E-state index contributed by atoms with van der Waals surface area (Å²) in [5, 5.41) is 3.03. The van der Waals surface area contributed by atoms with E-state index in [-0.39, 0.29) is 11.8 Å². The summed E-state index contributed by atoms with van der Waals surface area (Å²) in [6, 6.07) is 13.5. The predicted molar refractivity (Wildman–Crippen MR) is 107 cm³/mol. The maximum absolute atomic E-state index is 12.9. The Bertz CT molecular complexity index is 759. The van der Waals surface area contributed by atoms with Gasteiger partial charge in [-0.05, 0) is 67.1 Å². The molecule has 0 spiro atoms. The third-order valence-corrected chi connectivity index (χ3v) is 4.40. The number of amides is 1. The zero-order chi connectivity index (χ0) is 18.9. The van der Waals surface area contributed by atoms with Crippen LogP contribution in [0.25, 0.3) is 0 Å². The first-order chi connectivity index (χ1) is 12.6. The molecule has 0 bridgehead atoms. The fraction of sp³-hybridized carbons (Fsp3) is 0.333. The molecule has 0 aliphatic heterocycles. The fourth-order valence-corrected chi connectivity index (χ4v) is 3.01. The number of nitrogens with two attached hydrogens (primary N) is 1. The molecule has 3 N–H and O–H groups in total. The summed E-state index contributed by atoms with van der Waals surface area (Å²) in [4.78, 5) is 16.8. The second-order valence-electron chi connectivity index (χ2n) is 6.11. The molecule has 2 aromatic rings. The topological polar surface area (TPSA) is 76.7 Å². The Balaban J connectivity index is 2.23. The molecule has 0 aliphatic carbocycles. The zero-order valence-electron chi connectivity index (χ0n) is 15.5. The maximum atomic E-state index is 12.9. The molecular weight excluding hydrogens is 326 g/mol. The van der Waals surface area contributed by atoms with Gasteiger partial charge in [0.2, 0.25) is 5.91 Å². The van der Waals surface area contributed by atoms with Gasteiger partial charge in [0.1, 0.15) is 5.75 Å². The molecule has 2 aromatic carbocycles. The highest BCUT2D eigenvalue weighted by Gasteiger charge is 2.21. The normalized spacial score (nSPS) is 11.7. The molecule has 0 aromatic heterocycles. The summed E-state index contributed by atoms with van der Waals surface area (Å²) in [6.07, 6.45) is 1.44. The van der Waals surface area contributed by atoms with Crippen molar-refractivity contribution < 1.29 is 9.53 Å². The Morgan fingerprint density at radius 3 is 2.73 bits per heavy atom. The van der Waals surface area contributed by atoms with Crippen molar-refractivity contribution in [3.63, 3.8) is 0 Å². The molecular formula is C21H27N3O2. The number of ether oxygens (including phenoxy) is 1. The van der Waals surface area contributed by atoms with Crippen molar-refractivity contribution in [2.45, 2.75) is 32.2 Å². The lowest BCUT2D eigenvalue weighted by atomic mass is 9.94. The Kier molecular flexibility index (Phi) is 7.36. The Hall–Kier alpha value is -2.66. The summed E-state index contributed by atoms with van der Waals surface area (Å²) in [7, 11) is 1.61. The smallest absolute Gasteiger partial charge is 0.231 e. The molecule has 1 amide bonds. The first-order valence-corrected chi connectivity index (χ1v) is 8.82. The van der Waals surface area contributed by atoms with Crippen LogP contribution in [0.5, 0.6) is 5.75 Å². The van der Waals surface area contributed by atoms with Crippen LogP contribution in [-0.2, 0) is 17.8 Å². The van der Waals surface area contributed by atoms with E-state index >= 15 is 0 Å². The van der Waals surface area contributed by atoms with Gasteiger partial charge in [0.25, 0.3) is 0 Å². The molecule has 0 radical (unpaired) electrons. The van der Waals surface area contributed by atoms with Crippen LogP contribution in [0.15, 0.2) is 47.5 Å². The van der Waals surface area contributed by atoms with E-state index in [0.29, 0.717) is 19.5 Å². The molecule has 2 rings (SSSR count). The van der Waals surface area contributed by atoms with Crippen LogP contribution in [0.4, 0.5) is 5.69 Å². The standard InChI is InChI=1S/C21H27N3O2/c1-4-15-12-18(9-8-17(15)14-23-2)24-21(25)20(10-11-22)16-6-5-7-19(13-16)26-3/h5-9,12-13,20H,2,4,10-11,14,22H2,1,3H3,(H,24,25). The van der Waals surface area contributed by atoms with E-state index in [9.17, 15) is 4.79 Å². The molecule has 0 heterocycles. The number of hydrogen-bond donors (Lipinski definition) is 2. The molecule has 0 fully saturated rings. The van der Waals surface area contributed by atoms with E-state index in [2.05, 4.69) is 24.0 Å².